The normalized spacial score (nSPS) is 22.4. The first kappa shape index (κ1) is 32.5. The Balaban J connectivity index is 1.17. The van der Waals surface area contributed by atoms with E-state index in [0.29, 0.717) is 58.2 Å². The van der Waals surface area contributed by atoms with Crippen LogP contribution in [0.1, 0.15) is 68.4 Å². The molecule has 1 saturated carbocycles. The Morgan fingerprint density at radius 2 is 1.80 bits per heavy atom. The van der Waals surface area contributed by atoms with Crippen molar-refractivity contribution in [3.05, 3.63) is 53.5 Å². The highest BCUT2D eigenvalue weighted by Crippen LogP contribution is 2.44. The van der Waals surface area contributed by atoms with Gasteiger partial charge in [0.25, 0.3) is 5.91 Å². The third-order valence-corrected chi connectivity index (χ3v) is 11.6. The SMILES string of the molecule is CC1(C)Cc2c(-c3ccc(C(N)=O)c(NC4CCC(OC(=O)CNCCN5CCCC5)CC4)c3)c3ccc(F)cc3n2S(=O)(=O)C1. The van der Waals surface area contributed by atoms with Gasteiger partial charge >= 0.3 is 5.97 Å². The molecule has 0 spiro atoms. The highest BCUT2D eigenvalue weighted by Gasteiger charge is 2.39. The Morgan fingerprint density at radius 1 is 1.07 bits per heavy atom. The van der Waals surface area contributed by atoms with Crippen molar-refractivity contribution in [1.82, 2.24) is 14.2 Å². The van der Waals surface area contributed by atoms with Gasteiger partial charge in [-0.25, -0.2) is 16.8 Å². The van der Waals surface area contributed by atoms with Crippen molar-refractivity contribution in [3.63, 3.8) is 0 Å². The van der Waals surface area contributed by atoms with Gasteiger partial charge in [-0.15, -0.1) is 0 Å². The molecule has 248 valence electrons. The van der Waals surface area contributed by atoms with E-state index in [0.717, 1.165) is 39.0 Å². The van der Waals surface area contributed by atoms with Gasteiger partial charge in [0.2, 0.25) is 10.0 Å². The minimum atomic E-state index is -3.74. The number of anilines is 1. The first-order valence-corrected chi connectivity index (χ1v) is 17.9. The molecule has 4 N–H and O–H groups in total. The fraction of sp³-hybridized carbons (Fsp3) is 0.529. The Morgan fingerprint density at radius 3 is 2.52 bits per heavy atom. The lowest BCUT2D eigenvalue weighted by molar-refractivity contribution is -0.149. The number of likely N-dealkylation sites (tertiary alicyclic amines) is 1. The van der Waals surface area contributed by atoms with Crippen molar-refractivity contribution < 1.29 is 27.1 Å². The highest BCUT2D eigenvalue weighted by molar-refractivity contribution is 7.90. The van der Waals surface area contributed by atoms with E-state index in [1.54, 1.807) is 18.2 Å². The minimum absolute atomic E-state index is 0.0231. The quantitative estimate of drug-likeness (QED) is 0.218. The third kappa shape index (κ3) is 6.94. The van der Waals surface area contributed by atoms with Gasteiger partial charge < -0.3 is 26.0 Å². The molecule has 3 aliphatic rings. The Kier molecular flexibility index (Phi) is 9.15. The molecule has 2 aromatic carbocycles. The van der Waals surface area contributed by atoms with Crippen LogP contribution in [-0.2, 0) is 26.0 Å². The average molecular weight is 654 g/mol. The fourth-order valence-electron chi connectivity index (χ4n) is 7.39. The van der Waals surface area contributed by atoms with Crippen molar-refractivity contribution in [2.45, 2.75) is 70.9 Å². The van der Waals surface area contributed by atoms with Gasteiger partial charge in [-0.2, -0.15) is 0 Å². The topological polar surface area (TPSA) is 136 Å². The lowest BCUT2D eigenvalue weighted by Gasteiger charge is -2.32. The summed E-state index contributed by atoms with van der Waals surface area (Å²) in [5.74, 6) is -1.38. The van der Waals surface area contributed by atoms with E-state index in [4.69, 9.17) is 10.5 Å². The van der Waals surface area contributed by atoms with Gasteiger partial charge in [0, 0.05) is 41.5 Å². The Hall–Kier alpha value is -3.48. The van der Waals surface area contributed by atoms with E-state index < -0.39 is 27.2 Å². The maximum Gasteiger partial charge on any atom is 0.320 e. The van der Waals surface area contributed by atoms with Crippen LogP contribution in [0.2, 0.25) is 0 Å². The number of carbonyl (C=O) groups excluding carboxylic acids is 2. The summed E-state index contributed by atoms with van der Waals surface area (Å²) in [5.41, 5.74) is 8.46. The largest absolute Gasteiger partial charge is 0.461 e. The number of amides is 1. The van der Waals surface area contributed by atoms with E-state index in [1.165, 1.54) is 28.9 Å². The maximum absolute atomic E-state index is 14.4. The van der Waals surface area contributed by atoms with Gasteiger partial charge in [0.15, 0.2) is 0 Å². The molecule has 0 radical (unpaired) electrons. The molecule has 10 nitrogen and oxygen atoms in total. The van der Waals surface area contributed by atoms with Crippen molar-refractivity contribution in [2.24, 2.45) is 11.1 Å². The minimum Gasteiger partial charge on any atom is -0.461 e. The monoisotopic (exact) mass is 653 g/mol. The van der Waals surface area contributed by atoms with E-state index in [-0.39, 0.29) is 30.4 Å². The molecule has 0 bridgehead atoms. The van der Waals surface area contributed by atoms with Crippen LogP contribution in [0.5, 0.6) is 0 Å². The molecule has 6 rings (SSSR count). The lowest BCUT2D eigenvalue weighted by Crippen LogP contribution is -2.37. The summed E-state index contributed by atoms with van der Waals surface area (Å²) in [7, 11) is -3.74. The number of esters is 1. The number of hydrogen-bond donors (Lipinski definition) is 3. The maximum atomic E-state index is 14.4. The molecule has 46 heavy (non-hydrogen) atoms. The smallest absolute Gasteiger partial charge is 0.320 e. The molecule has 3 aromatic rings. The van der Waals surface area contributed by atoms with Crippen LogP contribution in [0.3, 0.4) is 0 Å². The van der Waals surface area contributed by atoms with Crippen LogP contribution < -0.4 is 16.4 Å². The third-order valence-electron chi connectivity index (χ3n) is 9.46. The molecule has 2 fully saturated rings. The van der Waals surface area contributed by atoms with Gasteiger partial charge in [-0.3, -0.25) is 9.59 Å². The number of nitrogens with zero attached hydrogens (tertiary/aromatic N) is 2. The number of carbonyl (C=O) groups is 2. The predicted octanol–water partition coefficient (Wildman–Crippen LogP) is 4.26. The predicted molar refractivity (Wildman–Crippen MR) is 177 cm³/mol. The number of nitrogens with one attached hydrogen (secondary N) is 2. The molecule has 1 amide bonds. The number of aromatic nitrogens is 1. The Labute approximate surface area is 269 Å². The van der Waals surface area contributed by atoms with Crippen LogP contribution >= 0.6 is 0 Å². The van der Waals surface area contributed by atoms with Crippen LogP contribution in [0.25, 0.3) is 22.0 Å². The van der Waals surface area contributed by atoms with E-state index in [9.17, 15) is 22.4 Å². The molecular weight excluding hydrogens is 609 g/mol. The van der Waals surface area contributed by atoms with E-state index in [1.807, 2.05) is 19.9 Å². The fourth-order valence-corrected chi connectivity index (χ4v) is 9.55. The van der Waals surface area contributed by atoms with Crippen molar-refractivity contribution in [2.75, 3.05) is 43.8 Å². The first-order valence-electron chi connectivity index (χ1n) is 16.3. The molecule has 12 heteroatoms. The number of halogens is 1. The van der Waals surface area contributed by atoms with E-state index >= 15 is 0 Å². The van der Waals surface area contributed by atoms with Gasteiger partial charge in [0.1, 0.15) is 11.9 Å². The summed E-state index contributed by atoms with van der Waals surface area (Å²) in [6.45, 7) is 7.99. The summed E-state index contributed by atoms with van der Waals surface area (Å²) >= 11 is 0. The summed E-state index contributed by atoms with van der Waals surface area (Å²) in [4.78, 5) is 27.3. The molecule has 3 heterocycles. The van der Waals surface area contributed by atoms with Crippen LogP contribution in [0, 0.1) is 11.2 Å². The molecular formula is C34H44FN5O5S. The number of hydrogen-bond acceptors (Lipinski definition) is 8. The zero-order valence-electron chi connectivity index (χ0n) is 26.6. The molecule has 1 aromatic heterocycles. The second kappa shape index (κ2) is 13.0. The standard InChI is InChI=1S/C34H44FN5O5S/c1-34(2)19-30-32(27-12-6-23(35)18-29(27)40(30)46(43,44)21-34)22-5-11-26(33(36)42)28(17-22)38-24-7-9-25(10-8-24)45-31(41)20-37-13-16-39-14-3-4-15-39/h5-6,11-12,17-18,24-25,37-38H,3-4,7-10,13-16,19-21H2,1-2H3,(H2,36,42). The lowest BCUT2D eigenvalue weighted by atomic mass is 9.87. The second-order valence-electron chi connectivity index (χ2n) is 13.8. The first-order chi connectivity index (χ1) is 21.9. The van der Waals surface area contributed by atoms with Crippen molar-refractivity contribution in [1.29, 1.82) is 0 Å². The second-order valence-corrected chi connectivity index (χ2v) is 15.6. The van der Waals surface area contributed by atoms with Gasteiger partial charge in [-0.1, -0.05) is 19.9 Å². The average Bonchev–Trinajstić information content (AvgIpc) is 3.61. The number of rotatable bonds is 10. The van der Waals surface area contributed by atoms with Gasteiger partial charge in [0.05, 0.1) is 23.4 Å². The zero-order valence-corrected chi connectivity index (χ0v) is 27.4. The van der Waals surface area contributed by atoms with E-state index in [2.05, 4.69) is 15.5 Å². The summed E-state index contributed by atoms with van der Waals surface area (Å²) in [6.07, 6.45) is 5.67. The molecule has 0 unspecified atom stereocenters. The van der Waals surface area contributed by atoms with Crippen molar-refractivity contribution >= 4 is 38.5 Å². The number of primary amides is 1. The van der Waals surface area contributed by atoms with Crippen LogP contribution in [0.4, 0.5) is 10.1 Å². The van der Waals surface area contributed by atoms with Crippen LogP contribution in [-0.4, -0.2) is 79.8 Å². The summed E-state index contributed by atoms with van der Waals surface area (Å²) in [5, 5.41) is 7.32. The zero-order chi connectivity index (χ0) is 32.6. The Bertz CT molecular complexity index is 1740. The number of ether oxygens (including phenoxy) is 1. The molecule has 1 saturated heterocycles. The van der Waals surface area contributed by atoms with Crippen LogP contribution in [0.15, 0.2) is 36.4 Å². The molecule has 1 aliphatic carbocycles. The number of benzene rings is 2. The number of nitrogens with two attached hydrogens (primary N) is 1. The molecule has 0 atom stereocenters. The van der Waals surface area contributed by atoms with Crippen molar-refractivity contribution in [3.8, 4) is 11.1 Å². The summed E-state index contributed by atoms with van der Waals surface area (Å²) in [6, 6.07) is 9.52. The highest BCUT2D eigenvalue weighted by atomic mass is 32.2. The molecule has 2 aliphatic heterocycles. The number of fused-ring (bicyclic) bond motifs is 3. The summed E-state index contributed by atoms with van der Waals surface area (Å²) < 4.78 is 48.4. The van der Waals surface area contributed by atoms with Gasteiger partial charge in [-0.05, 0) is 99.3 Å².